The molecule has 0 aliphatic carbocycles. The number of phenolic OH excluding ortho intramolecular Hbond substituents is 1. The summed E-state index contributed by atoms with van der Waals surface area (Å²) >= 11 is 0. The second kappa shape index (κ2) is 9.41. The molecule has 0 aromatic heterocycles. The number of nitro groups is 1. The van der Waals surface area contributed by atoms with Crippen molar-refractivity contribution in [2.45, 2.75) is 6.54 Å². The van der Waals surface area contributed by atoms with E-state index >= 15 is 0 Å². The lowest BCUT2D eigenvalue weighted by atomic mass is 10.1. The Labute approximate surface area is 176 Å². The molecule has 0 saturated heterocycles. The third-order valence-corrected chi connectivity index (χ3v) is 4.37. The van der Waals surface area contributed by atoms with Crippen LogP contribution in [0, 0.1) is 27.3 Å². The zero-order chi connectivity index (χ0) is 23.3. The molecule has 31 heavy (non-hydrogen) atoms. The number of aromatic hydroxyl groups is 1. The van der Waals surface area contributed by atoms with Gasteiger partial charge in [-0.05, 0) is 23.8 Å². The third-order valence-electron chi connectivity index (χ3n) is 4.37. The number of benzene rings is 2. The van der Waals surface area contributed by atoms with Gasteiger partial charge in [-0.2, -0.15) is 5.26 Å². The molecule has 2 aromatic carbocycles. The average molecular weight is 427 g/mol. The standard InChI is InChI=1S/C21H18FN3O6/c1-4-12-5-6-16(22)14(7-12)11-24(2)21(28)15(10-23)19(26)13-8-17(25(29)30)20(27)18(9-13)31-3/h4-9,26-27H,1,11H2,2-3H3/b19-15-. The maximum Gasteiger partial charge on any atom is 0.315 e. The Morgan fingerprint density at radius 2 is 2.10 bits per heavy atom. The van der Waals surface area contributed by atoms with Gasteiger partial charge in [0.25, 0.3) is 5.91 Å². The van der Waals surface area contributed by atoms with Gasteiger partial charge in [-0.3, -0.25) is 14.9 Å². The van der Waals surface area contributed by atoms with E-state index in [-0.39, 0.29) is 23.4 Å². The van der Waals surface area contributed by atoms with E-state index in [4.69, 9.17) is 4.74 Å². The van der Waals surface area contributed by atoms with Crippen LogP contribution in [0.1, 0.15) is 16.7 Å². The molecule has 0 fully saturated rings. The van der Waals surface area contributed by atoms with Crippen LogP contribution in [-0.4, -0.2) is 40.1 Å². The zero-order valence-electron chi connectivity index (χ0n) is 16.6. The summed E-state index contributed by atoms with van der Waals surface area (Å²) in [7, 11) is 2.44. The number of methoxy groups -OCH3 is 1. The van der Waals surface area contributed by atoms with Crippen LogP contribution in [0.15, 0.2) is 42.5 Å². The van der Waals surface area contributed by atoms with Gasteiger partial charge in [-0.1, -0.05) is 18.7 Å². The number of aliphatic hydroxyl groups is 1. The number of aliphatic hydroxyl groups excluding tert-OH is 1. The van der Waals surface area contributed by atoms with Crippen molar-refractivity contribution in [1.29, 1.82) is 5.26 Å². The summed E-state index contributed by atoms with van der Waals surface area (Å²) in [6.07, 6.45) is 1.50. The highest BCUT2D eigenvalue weighted by molar-refractivity contribution is 6.03. The topological polar surface area (TPSA) is 137 Å². The predicted molar refractivity (Wildman–Crippen MR) is 109 cm³/mol. The largest absolute Gasteiger partial charge is 0.506 e. The smallest absolute Gasteiger partial charge is 0.315 e. The van der Waals surface area contributed by atoms with Crippen molar-refractivity contribution >= 4 is 23.4 Å². The minimum Gasteiger partial charge on any atom is -0.506 e. The number of likely N-dealkylation sites (N-methyl/N-ethyl adjacent to an activating group) is 1. The molecule has 0 aliphatic rings. The SMILES string of the molecule is C=Cc1ccc(F)c(CN(C)C(=O)/C(C#N)=C(\O)c2cc(OC)c(O)c([N+](=O)[O-])c2)c1. The van der Waals surface area contributed by atoms with Crippen LogP contribution < -0.4 is 4.74 Å². The number of nitriles is 1. The lowest BCUT2D eigenvalue weighted by Gasteiger charge is -2.18. The Balaban J connectivity index is 2.47. The summed E-state index contributed by atoms with van der Waals surface area (Å²) in [5, 5.41) is 40.9. The fourth-order valence-electron chi connectivity index (χ4n) is 2.73. The van der Waals surface area contributed by atoms with Crippen molar-refractivity contribution in [1.82, 2.24) is 4.90 Å². The van der Waals surface area contributed by atoms with Crippen LogP contribution in [-0.2, 0) is 11.3 Å². The Hall–Kier alpha value is -4.39. The van der Waals surface area contributed by atoms with E-state index in [1.807, 2.05) is 0 Å². The minimum absolute atomic E-state index is 0.159. The molecule has 0 heterocycles. The number of phenols is 1. The molecule has 0 saturated carbocycles. The van der Waals surface area contributed by atoms with Gasteiger partial charge in [-0.15, -0.1) is 0 Å². The van der Waals surface area contributed by atoms with Crippen molar-refractivity contribution in [2.24, 2.45) is 0 Å². The quantitative estimate of drug-likeness (QED) is 0.227. The van der Waals surface area contributed by atoms with E-state index in [1.165, 1.54) is 31.3 Å². The first kappa shape index (κ1) is 22.9. The van der Waals surface area contributed by atoms with Gasteiger partial charge in [0.05, 0.1) is 12.0 Å². The van der Waals surface area contributed by atoms with Gasteiger partial charge in [0, 0.05) is 30.8 Å². The molecule has 9 nitrogen and oxygen atoms in total. The molecule has 2 rings (SSSR count). The third kappa shape index (κ3) is 4.79. The van der Waals surface area contributed by atoms with Gasteiger partial charge in [0.2, 0.25) is 5.75 Å². The maximum atomic E-state index is 14.1. The number of nitrogens with zero attached hydrogens (tertiary/aromatic N) is 3. The van der Waals surface area contributed by atoms with Crippen LogP contribution in [0.4, 0.5) is 10.1 Å². The van der Waals surface area contributed by atoms with Crippen molar-refractivity contribution in [3.8, 4) is 17.6 Å². The lowest BCUT2D eigenvalue weighted by Crippen LogP contribution is -2.28. The molecular weight excluding hydrogens is 409 g/mol. The summed E-state index contributed by atoms with van der Waals surface area (Å²) in [6, 6.07) is 7.59. The van der Waals surface area contributed by atoms with E-state index in [2.05, 4.69) is 6.58 Å². The number of nitro benzene ring substituents is 1. The van der Waals surface area contributed by atoms with Crippen molar-refractivity contribution in [3.63, 3.8) is 0 Å². The second-order valence-corrected chi connectivity index (χ2v) is 6.35. The highest BCUT2D eigenvalue weighted by atomic mass is 19.1. The molecule has 0 aliphatic heterocycles. The van der Waals surface area contributed by atoms with E-state index in [1.54, 1.807) is 6.07 Å². The average Bonchev–Trinajstić information content (AvgIpc) is 2.75. The summed E-state index contributed by atoms with van der Waals surface area (Å²) in [6.45, 7) is 3.37. The number of hydrogen-bond donors (Lipinski definition) is 2. The molecule has 10 heteroatoms. The number of carbonyl (C=O) groups is 1. The Bertz CT molecular complexity index is 1140. The Kier molecular flexibility index (Phi) is 6.95. The molecule has 0 bridgehead atoms. The first-order valence-electron chi connectivity index (χ1n) is 8.70. The number of rotatable bonds is 7. The van der Waals surface area contributed by atoms with Gasteiger partial charge in [0.15, 0.2) is 11.3 Å². The van der Waals surface area contributed by atoms with Crippen LogP contribution in [0.3, 0.4) is 0 Å². The molecular formula is C21H18FN3O6. The van der Waals surface area contributed by atoms with Crippen LogP contribution in [0.5, 0.6) is 11.5 Å². The molecule has 0 unspecified atom stereocenters. The second-order valence-electron chi connectivity index (χ2n) is 6.35. The first-order valence-corrected chi connectivity index (χ1v) is 8.70. The van der Waals surface area contributed by atoms with Crippen molar-refractivity contribution in [3.05, 3.63) is 75.1 Å². The Morgan fingerprint density at radius 3 is 2.65 bits per heavy atom. The highest BCUT2D eigenvalue weighted by Gasteiger charge is 2.26. The zero-order valence-corrected chi connectivity index (χ0v) is 16.6. The van der Waals surface area contributed by atoms with E-state index in [0.29, 0.717) is 5.56 Å². The monoisotopic (exact) mass is 427 g/mol. The van der Waals surface area contributed by atoms with E-state index in [9.17, 15) is 34.8 Å². The summed E-state index contributed by atoms with van der Waals surface area (Å²) in [5.41, 5.74) is -1.03. The number of carbonyl (C=O) groups excluding carboxylic acids is 1. The lowest BCUT2D eigenvalue weighted by molar-refractivity contribution is -0.386. The number of hydrogen-bond acceptors (Lipinski definition) is 7. The first-order chi connectivity index (χ1) is 14.6. The molecule has 2 N–H and O–H groups in total. The minimum atomic E-state index is -0.946. The molecule has 160 valence electrons. The Morgan fingerprint density at radius 1 is 1.42 bits per heavy atom. The normalized spacial score (nSPS) is 11.2. The van der Waals surface area contributed by atoms with Gasteiger partial charge in [-0.25, -0.2) is 4.39 Å². The van der Waals surface area contributed by atoms with Crippen molar-refractivity contribution < 1.29 is 29.1 Å². The maximum absolute atomic E-state index is 14.1. The van der Waals surface area contributed by atoms with Crippen LogP contribution in [0.2, 0.25) is 0 Å². The summed E-state index contributed by atoms with van der Waals surface area (Å²) < 4.78 is 18.9. The fourth-order valence-corrected chi connectivity index (χ4v) is 2.73. The van der Waals surface area contributed by atoms with Gasteiger partial charge in [0.1, 0.15) is 17.6 Å². The highest BCUT2D eigenvalue weighted by Crippen LogP contribution is 2.38. The molecule has 0 radical (unpaired) electrons. The van der Waals surface area contributed by atoms with Gasteiger partial charge >= 0.3 is 5.69 Å². The van der Waals surface area contributed by atoms with Gasteiger partial charge < -0.3 is 19.8 Å². The van der Waals surface area contributed by atoms with Crippen LogP contribution in [0.25, 0.3) is 11.8 Å². The summed E-state index contributed by atoms with van der Waals surface area (Å²) in [4.78, 5) is 24.0. The number of halogens is 1. The predicted octanol–water partition coefficient (Wildman–Crippen LogP) is 3.54. The number of amides is 1. The van der Waals surface area contributed by atoms with Crippen LogP contribution >= 0.6 is 0 Å². The molecule has 0 atom stereocenters. The van der Waals surface area contributed by atoms with Crippen molar-refractivity contribution in [2.75, 3.05) is 14.2 Å². The molecule has 1 amide bonds. The van der Waals surface area contributed by atoms with E-state index in [0.717, 1.165) is 24.1 Å². The molecule has 0 spiro atoms. The van der Waals surface area contributed by atoms with E-state index < -0.39 is 39.4 Å². The number of ether oxygens (including phenoxy) is 1. The fraction of sp³-hybridized carbons (Fsp3) is 0.143. The molecule has 2 aromatic rings. The summed E-state index contributed by atoms with van der Waals surface area (Å²) in [5.74, 6) is -3.49.